The van der Waals surface area contributed by atoms with Crippen LogP contribution in [0.15, 0.2) is 0 Å². The summed E-state index contributed by atoms with van der Waals surface area (Å²) >= 11 is 0. The molecule has 0 fully saturated rings. The van der Waals surface area contributed by atoms with Gasteiger partial charge in [-0.3, -0.25) is 9.59 Å². The van der Waals surface area contributed by atoms with Crippen molar-refractivity contribution in [3.05, 3.63) is 0 Å². The highest BCUT2D eigenvalue weighted by molar-refractivity contribution is 5.77. The SMILES string of the molecule is CCC(C)OCC(=O)N(C)CCC(=O)O. The number of carbonyl (C=O) groups excluding carboxylic acids is 1. The van der Waals surface area contributed by atoms with Crippen LogP contribution in [0.1, 0.15) is 26.7 Å². The maximum atomic E-state index is 11.4. The number of rotatable bonds is 7. The smallest absolute Gasteiger partial charge is 0.305 e. The normalized spacial score (nSPS) is 12.2. The number of aliphatic carboxylic acids is 1. The Labute approximate surface area is 90.0 Å². The summed E-state index contributed by atoms with van der Waals surface area (Å²) in [4.78, 5) is 23.0. The molecule has 0 aromatic heterocycles. The number of carbonyl (C=O) groups is 2. The van der Waals surface area contributed by atoms with Crippen LogP contribution in [0, 0.1) is 0 Å². The molecule has 0 radical (unpaired) electrons. The van der Waals surface area contributed by atoms with Crippen molar-refractivity contribution in [2.45, 2.75) is 32.8 Å². The zero-order chi connectivity index (χ0) is 11.8. The van der Waals surface area contributed by atoms with Crippen LogP contribution in [0.25, 0.3) is 0 Å². The fraction of sp³-hybridized carbons (Fsp3) is 0.800. The Morgan fingerprint density at radius 3 is 2.53 bits per heavy atom. The Kier molecular flexibility index (Phi) is 6.70. The van der Waals surface area contributed by atoms with Gasteiger partial charge in [-0.25, -0.2) is 0 Å². The van der Waals surface area contributed by atoms with Gasteiger partial charge in [0.05, 0.1) is 12.5 Å². The van der Waals surface area contributed by atoms with E-state index in [1.165, 1.54) is 4.90 Å². The van der Waals surface area contributed by atoms with Gasteiger partial charge in [-0.2, -0.15) is 0 Å². The van der Waals surface area contributed by atoms with E-state index in [0.29, 0.717) is 0 Å². The number of nitrogens with zero attached hydrogens (tertiary/aromatic N) is 1. The third kappa shape index (κ3) is 6.90. The Bertz CT molecular complexity index is 217. The van der Waals surface area contributed by atoms with Crippen molar-refractivity contribution in [2.75, 3.05) is 20.2 Å². The number of hydrogen-bond acceptors (Lipinski definition) is 3. The van der Waals surface area contributed by atoms with Gasteiger partial charge in [-0.05, 0) is 13.3 Å². The molecule has 88 valence electrons. The molecule has 0 rings (SSSR count). The molecule has 0 aliphatic rings. The third-order valence-corrected chi connectivity index (χ3v) is 2.15. The second-order valence-electron chi connectivity index (χ2n) is 3.49. The summed E-state index contributed by atoms with van der Waals surface area (Å²) in [7, 11) is 1.57. The van der Waals surface area contributed by atoms with Gasteiger partial charge in [0, 0.05) is 13.6 Å². The molecule has 0 aliphatic heterocycles. The Morgan fingerprint density at radius 1 is 1.47 bits per heavy atom. The minimum absolute atomic E-state index is 0.0190. The molecule has 5 heteroatoms. The Morgan fingerprint density at radius 2 is 2.07 bits per heavy atom. The topological polar surface area (TPSA) is 66.8 Å². The lowest BCUT2D eigenvalue weighted by molar-refractivity contribution is -0.140. The van der Waals surface area contributed by atoms with Gasteiger partial charge in [0.1, 0.15) is 6.61 Å². The number of ether oxygens (including phenoxy) is 1. The van der Waals surface area contributed by atoms with E-state index in [0.717, 1.165) is 6.42 Å². The molecule has 0 heterocycles. The van der Waals surface area contributed by atoms with E-state index >= 15 is 0 Å². The average Bonchev–Trinajstić information content (AvgIpc) is 2.21. The molecule has 0 aliphatic carbocycles. The van der Waals surface area contributed by atoms with Crippen molar-refractivity contribution in [3.8, 4) is 0 Å². The van der Waals surface area contributed by atoms with E-state index < -0.39 is 5.97 Å². The minimum atomic E-state index is -0.905. The van der Waals surface area contributed by atoms with Crippen LogP contribution in [-0.2, 0) is 14.3 Å². The second kappa shape index (κ2) is 7.23. The van der Waals surface area contributed by atoms with Gasteiger partial charge in [0.15, 0.2) is 0 Å². The molecule has 0 bridgehead atoms. The molecule has 0 aromatic rings. The highest BCUT2D eigenvalue weighted by Gasteiger charge is 2.11. The molecular weight excluding hydrogens is 198 g/mol. The summed E-state index contributed by atoms with van der Waals surface area (Å²) < 4.78 is 5.24. The standard InChI is InChI=1S/C10H19NO4/c1-4-8(2)15-7-9(12)11(3)6-5-10(13)14/h8H,4-7H2,1-3H3,(H,13,14). The average molecular weight is 217 g/mol. The lowest BCUT2D eigenvalue weighted by Gasteiger charge is -2.17. The fourth-order valence-corrected chi connectivity index (χ4v) is 0.830. The van der Waals surface area contributed by atoms with Crippen molar-refractivity contribution < 1.29 is 19.4 Å². The highest BCUT2D eigenvalue weighted by Crippen LogP contribution is 1.97. The van der Waals surface area contributed by atoms with Gasteiger partial charge < -0.3 is 14.7 Å². The zero-order valence-electron chi connectivity index (χ0n) is 9.52. The lowest BCUT2D eigenvalue weighted by Crippen LogP contribution is -2.33. The summed E-state index contributed by atoms with van der Waals surface area (Å²) in [5.74, 6) is -1.09. The third-order valence-electron chi connectivity index (χ3n) is 2.15. The van der Waals surface area contributed by atoms with E-state index in [1.54, 1.807) is 7.05 Å². The molecule has 1 unspecified atom stereocenters. The van der Waals surface area contributed by atoms with E-state index in [-0.39, 0.29) is 31.6 Å². The monoisotopic (exact) mass is 217 g/mol. The van der Waals surface area contributed by atoms with Crippen LogP contribution in [0.2, 0.25) is 0 Å². The van der Waals surface area contributed by atoms with Crippen molar-refractivity contribution in [3.63, 3.8) is 0 Å². The Balaban J connectivity index is 3.74. The van der Waals surface area contributed by atoms with Crippen molar-refractivity contribution in [1.82, 2.24) is 4.90 Å². The van der Waals surface area contributed by atoms with E-state index in [4.69, 9.17) is 9.84 Å². The summed E-state index contributed by atoms with van der Waals surface area (Å²) in [6.07, 6.45) is 0.874. The lowest BCUT2D eigenvalue weighted by atomic mass is 10.3. The molecule has 5 nitrogen and oxygen atoms in total. The molecule has 15 heavy (non-hydrogen) atoms. The number of carboxylic acids is 1. The Hall–Kier alpha value is -1.10. The number of hydrogen-bond donors (Lipinski definition) is 1. The van der Waals surface area contributed by atoms with Crippen molar-refractivity contribution in [2.24, 2.45) is 0 Å². The quantitative estimate of drug-likeness (QED) is 0.682. The van der Waals surface area contributed by atoms with E-state index in [2.05, 4.69) is 0 Å². The maximum absolute atomic E-state index is 11.4. The fourth-order valence-electron chi connectivity index (χ4n) is 0.830. The number of amides is 1. The van der Waals surface area contributed by atoms with Gasteiger partial charge in [-0.15, -0.1) is 0 Å². The minimum Gasteiger partial charge on any atom is -0.481 e. The summed E-state index contributed by atoms with van der Waals surface area (Å²) in [5, 5.41) is 8.43. The first-order valence-corrected chi connectivity index (χ1v) is 5.04. The molecule has 1 amide bonds. The molecule has 0 aromatic carbocycles. The number of carboxylic acid groups (broad SMARTS) is 1. The van der Waals surface area contributed by atoms with Gasteiger partial charge in [-0.1, -0.05) is 6.92 Å². The molecule has 1 N–H and O–H groups in total. The van der Waals surface area contributed by atoms with Crippen LogP contribution in [0.5, 0.6) is 0 Å². The second-order valence-corrected chi connectivity index (χ2v) is 3.49. The van der Waals surface area contributed by atoms with Crippen LogP contribution in [0.4, 0.5) is 0 Å². The molecule has 0 saturated carbocycles. The van der Waals surface area contributed by atoms with Crippen LogP contribution in [-0.4, -0.2) is 48.2 Å². The summed E-state index contributed by atoms with van der Waals surface area (Å²) in [6.45, 7) is 4.11. The first-order chi connectivity index (χ1) is 6.97. The summed E-state index contributed by atoms with van der Waals surface area (Å²) in [6, 6.07) is 0. The van der Waals surface area contributed by atoms with Gasteiger partial charge in [0.2, 0.25) is 5.91 Å². The summed E-state index contributed by atoms with van der Waals surface area (Å²) in [5.41, 5.74) is 0. The van der Waals surface area contributed by atoms with Crippen LogP contribution >= 0.6 is 0 Å². The van der Waals surface area contributed by atoms with Gasteiger partial charge in [0.25, 0.3) is 0 Å². The first kappa shape index (κ1) is 13.9. The predicted molar refractivity (Wildman–Crippen MR) is 55.6 cm³/mol. The van der Waals surface area contributed by atoms with Crippen molar-refractivity contribution >= 4 is 11.9 Å². The molecule has 0 saturated heterocycles. The van der Waals surface area contributed by atoms with E-state index in [9.17, 15) is 9.59 Å². The highest BCUT2D eigenvalue weighted by atomic mass is 16.5. The molecule has 0 spiro atoms. The first-order valence-electron chi connectivity index (χ1n) is 5.04. The largest absolute Gasteiger partial charge is 0.481 e. The van der Waals surface area contributed by atoms with Crippen LogP contribution < -0.4 is 0 Å². The van der Waals surface area contributed by atoms with E-state index in [1.807, 2.05) is 13.8 Å². The molecule has 1 atom stereocenters. The number of likely N-dealkylation sites (N-methyl/N-ethyl adjacent to an activating group) is 1. The predicted octanol–water partition coefficient (Wildman–Crippen LogP) is 0.735. The zero-order valence-corrected chi connectivity index (χ0v) is 9.52. The van der Waals surface area contributed by atoms with Crippen molar-refractivity contribution in [1.29, 1.82) is 0 Å². The van der Waals surface area contributed by atoms with Crippen LogP contribution in [0.3, 0.4) is 0 Å². The van der Waals surface area contributed by atoms with Gasteiger partial charge >= 0.3 is 5.97 Å². The maximum Gasteiger partial charge on any atom is 0.305 e. The molecular formula is C10H19NO4.